The van der Waals surface area contributed by atoms with Crippen LogP contribution in [0.3, 0.4) is 0 Å². The molecule has 0 radical (unpaired) electrons. The van der Waals surface area contributed by atoms with Crippen molar-refractivity contribution in [3.8, 4) is 0 Å². The molecule has 1 spiro atoms. The fourth-order valence-corrected chi connectivity index (χ4v) is 5.46. The van der Waals surface area contributed by atoms with E-state index in [1.54, 1.807) is 12.1 Å². The number of carbonyl (C=O) groups excluding carboxylic acids is 1. The van der Waals surface area contributed by atoms with E-state index >= 15 is 0 Å². The first-order valence-electron chi connectivity index (χ1n) is 8.26. The van der Waals surface area contributed by atoms with Crippen molar-refractivity contribution < 1.29 is 17.6 Å². The number of hydrogen-bond acceptors (Lipinski definition) is 3. The lowest BCUT2D eigenvalue weighted by Crippen LogP contribution is -2.33. The second-order valence-electron chi connectivity index (χ2n) is 7.37. The summed E-state index contributed by atoms with van der Waals surface area (Å²) >= 11 is 0. The molecule has 1 aromatic carbocycles. The monoisotopic (exact) mass is 354 g/mol. The molecule has 1 N–H and O–H groups in total. The third-order valence-corrected chi connectivity index (χ3v) is 7.07. The zero-order chi connectivity index (χ0) is 17.5. The number of anilines is 1. The zero-order valence-electron chi connectivity index (χ0n) is 14.0. The maximum atomic E-state index is 13.2. The number of benzene rings is 1. The van der Waals surface area contributed by atoms with Gasteiger partial charge in [0.2, 0.25) is 15.9 Å². The van der Waals surface area contributed by atoms with E-state index in [-0.39, 0.29) is 28.9 Å². The molecule has 2 aliphatic rings. The lowest BCUT2D eigenvalue weighted by atomic mass is 10.0. The molecule has 2 fully saturated rings. The smallest absolute Gasteiger partial charge is 0.228 e. The average Bonchev–Trinajstić information content (AvgIpc) is 2.97. The van der Waals surface area contributed by atoms with Crippen molar-refractivity contribution in [1.82, 2.24) is 4.31 Å². The van der Waals surface area contributed by atoms with E-state index in [0.717, 1.165) is 0 Å². The van der Waals surface area contributed by atoms with Crippen LogP contribution in [0.4, 0.5) is 10.1 Å². The highest BCUT2D eigenvalue weighted by molar-refractivity contribution is 7.89. The summed E-state index contributed by atoms with van der Waals surface area (Å²) in [6.45, 7) is 4.67. The Bertz CT molecular complexity index is 750. The van der Waals surface area contributed by atoms with Gasteiger partial charge in [0.1, 0.15) is 5.82 Å². The Kier molecular flexibility index (Phi) is 4.42. The van der Waals surface area contributed by atoms with Gasteiger partial charge >= 0.3 is 0 Å². The van der Waals surface area contributed by atoms with E-state index in [4.69, 9.17) is 0 Å². The van der Waals surface area contributed by atoms with Crippen LogP contribution in [0.5, 0.6) is 0 Å². The quantitative estimate of drug-likeness (QED) is 0.883. The molecule has 1 aliphatic carbocycles. The normalized spacial score (nSPS) is 26.9. The van der Waals surface area contributed by atoms with Crippen molar-refractivity contribution in [2.45, 2.75) is 26.7 Å². The Balaban J connectivity index is 1.61. The largest absolute Gasteiger partial charge is 0.326 e. The molecule has 0 bridgehead atoms. The standard InChI is InChI=1S/C17H23FN2O3S/c1-12(2)10-24(22,23)20-7-6-17(11-20)9-15(17)16(21)19-14-5-3-4-13(18)8-14/h3-5,8,12,15H,6-7,9-11H2,1-2H3,(H,19,21)/t15-,17+/m0/s1. The van der Waals surface area contributed by atoms with Crippen molar-refractivity contribution >= 4 is 21.6 Å². The molecule has 1 amide bonds. The number of nitrogens with zero attached hydrogens (tertiary/aromatic N) is 1. The summed E-state index contributed by atoms with van der Waals surface area (Å²) in [5.41, 5.74) is 0.200. The first-order valence-corrected chi connectivity index (χ1v) is 9.87. The van der Waals surface area contributed by atoms with Crippen molar-refractivity contribution in [2.24, 2.45) is 17.3 Å². The molecule has 1 saturated carbocycles. The van der Waals surface area contributed by atoms with Gasteiger partial charge in [0, 0.05) is 24.7 Å². The van der Waals surface area contributed by atoms with Crippen LogP contribution < -0.4 is 5.32 Å². The Morgan fingerprint density at radius 1 is 1.46 bits per heavy atom. The first-order chi connectivity index (χ1) is 11.2. The summed E-state index contributed by atoms with van der Waals surface area (Å²) in [5.74, 6) is -0.518. The van der Waals surface area contributed by atoms with Crippen LogP contribution in [-0.4, -0.2) is 37.5 Å². The summed E-state index contributed by atoms with van der Waals surface area (Å²) in [7, 11) is -3.25. The minimum absolute atomic E-state index is 0.0813. The number of carbonyl (C=O) groups is 1. The van der Waals surface area contributed by atoms with Gasteiger partial charge in [-0.3, -0.25) is 4.79 Å². The molecule has 7 heteroatoms. The van der Waals surface area contributed by atoms with Crippen LogP contribution in [0.1, 0.15) is 26.7 Å². The van der Waals surface area contributed by atoms with Crippen LogP contribution in [-0.2, 0) is 14.8 Å². The van der Waals surface area contributed by atoms with Gasteiger partial charge in [-0.25, -0.2) is 17.1 Å². The molecule has 24 heavy (non-hydrogen) atoms. The van der Waals surface area contributed by atoms with E-state index < -0.39 is 15.8 Å². The maximum absolute atomic E-state index is 13.2. The van der Waals surface area contributed by atoms with Gasteiger partial charge in [0.25, 0.3) is 0 Å². The SMILES string of the molecule is CC(C)CS(=O)(=O)N1CC[C@@]2(C[C@H]2C(=O)Nc2cccc(F)c2)C1. The van der Waals surface area contributed by atoms with Crippen LogP contribution in [0.15, 0.2) is 24.3 Å². The summed E-state index contributed by atoms with van der Waals surface area (Å²) in [4.78, 5) is 12.4. The fourth-order valence-electron chi connectivity index (χ4n) is 3.59. The van der Waals surface area contributed by atoms with E-state index in [2.05, 4.69) is 5.32 Å². The highest BCUT2D eigenvalue weighted by Crippen LogP contribution is 2.59. The highest BCUT2D eigenvalue weighted by Gasteiger charge is 2.62. The second-order valence-corrected chi connectivity index (χ2v) is 9.39. The molecule has 3 rings (SSSR count). The Morgan fingerprint density at radius 3 is 2.88 bits per heavy atom. The van der Waals surface area contributed by atoms with Gasteiger partial charge in [-0.2, -0.15) is 0 Å². The summed E-state index contributed by atoms with van der Waals surface area (Å²) in [5, 5.41) is 2.73. The van der Waals surface area contributed by atoms with Gasteiger partial charge < -0.3 is 5.32 Å². The summed E-state index contributed by atoms with van der Waals surface area (Å²) in [6, 6.07) is 5.79. The topological polar surface area (TPSA) is 66.5 Å². The van der Waals surface area contributed by atoms with Crippen LogP contribution >= 0.6 is 0 Å². The van der Waals surface area contributed by atoms with Gasteiger partial charge in [0.05, 0.1) is 5.75 Å². The number of halogens is 1. The van der Waals surface area contributed by atoms with Crippen LogP contribution in [0.25, 0.3) is 0 Å². The molecule has 0 unspecified atom stereocenters. The second kappa shape index (κ2) is 6.11. The molecule has 0 aromatic heterocycles. The van der Waals surface area contributed by atoms with Crippen molar-refractivity contribution in [2.75, 3.05) is 24.2 Å². The minimum atomic E-state index is -3.25. The first kappa shape index (κ1) is 17.4. The van der Waals surface area contributed by atoms with Gasteiger partial charge in [-0.15, -0.1) is 0 Å². The lowest BCUT2D eigenvalue weighted by molar-refractivity contribution is -0.118. The van der Waals surface area contributed by atoms with E-state index in [9.17, 15) is 17.6 Å². The van der Waals surface area contributed by atoms with Crippen molar-refractivity contribution in [1.29, 1.82) is 0 Å². The number of sulfonamides is 1. The molecular formula is C17H23FN2O3S. The number of rotatable bonds is 5. The summed E-state index contributed by atoms with van der Waals surface area (Å²) in [6.07, 6.45) is 1.41. The van der Waals surface area contributed by atoms with Gasteiger partial charge in [-0.05, 0) is 42.4 Å². The van der Waals surface area contributed by atoms with Crippen LogP contribution in [0.2, 0.25) is 0 Å². The molecule has 1 saturated heterocycles. The minimum Gasteiger partial charge on any atom is -0.326 e. The zero-order valence-corrected chi connectivity index (χ0v) is 14.8. The van der Waals surface area contributed by atoms with Gasteiger partial charge in [-0.1, -0.05) is 19.9 Å². The summed E-state index contributed by atoms with van der Waals surface area (Å²) < 4.78 is 39.4. The molecule has 2 atom stereocenters. The van der Waals surface area contributed by atoms with E-state index in [0.29, 0.717) is 31.6 Å². The van der Waals surface area contributed by atoms with Crippen LogP contribution in [0, 0.1) is 23.1 Å². The predicted octanol–water partition coefficient (Wildman–Crippen LogP) is 2.46. The molecular weight excluding hydrogens is 331 g/mol. The van der Waals surface area contributed by atoms with Gasteiger partial charge in [0.15, 0.2) is 0 Å². The molecule has 5 nitrogen and oxygen atoms in total. The Morgan fingerprint density at radius 2 is 2.21 bits per heavy atom. The maximum Gasteiger partial charge on any atom is 0.228 e. The number of hydrogen-bond donors (Lipinski definition) is 1. The predicted molar refractivity (Wildman–Crippen MR) is 90.4 cm³/mol. The Hall–Kier alpha value is -1.47. The average molecular weight is 354 g/mol. The third-order valence-electron chi connectivity index (χ3n) is 4.89. The fraction of sp³-hybridized carbons (Fsp3) is 0.588. The molecule has 1 aliphatic heterocycles. The lowest BCUT2D eigenvalue weighted by Gasteiger charge is -2.18. The highest BCUT2D eigenvalue weighted by atomic mass is 32.2. The Labute approximate surface area is 142 Å². The third kappa shape index (κ3) is 3.47. The van der Waals surface area contributed by atoms with E-state index in [1.807, 2.05) is 13.8 Å². The molecule has 132 valence electrons. The molecule has 1 heterocycles. The van der Waals surface area contributed by atoms with E-state index in [1.165, 1.54) is 16.4 Å². The molecule has 1 aromatic rings. The van der Waals surface area contributed by atoms with Crippen molar-refractivity contribution in [3.63, 3.8) is 0 Å². The van der Waals surface area contributed by atoms with Crippen molar-refractivity contribution in [3.05, 3.63) is 30.1 Å². The number of nitrogens with one attached hydrogen (secondary N) is 1. The number of amides is 1.